The van der Waals surface area contributed by atoms with Gasteiger partial charge in [-0.2, -0.15) is 5.48 Å². The van der Waals surface area contributed by atoms with Crippen molar-refractivity contribution in [3.05, 3.63) is 35.9 Å². The van der Waals surface area contributed by atoms with Gasteiger partial charge in [-0.15, -0.1) is 0 Å². The van der Waals surface area contributed by atoms with Crippen molar-refractivity contribution in [2.24, 2.45) is 5.92 Å². The number of nitrogens with one attached hydrogen (secondary N) is 1. The summed E-state index contributed by atoms with van der Waals surface area (Å²) in [6, 6.07) is 10.9. The van der Waals surface area contributed by atoms with E-state index in [1.807, 2.05) is 6.07 Å². The second-order valence-electron chi connectivity index (χ2n) is 6.04. The molecule has 2 nitrogen and oxygen atoms in total. The first-order chi connectivity index (χ1) is 9.90. The van der Waals surface area contributed by atoms with Gasteiger partial charge < -0.3 is 0 Å². The van der Waals surface area contributed by atoms with E-state index < -0.39 is 0 Å². The third-order valence-corrected chi connectivity index (χ3v) is 4.40. The van der Waals surface area contributed by atoms with Gasteiger partial charge in [0.25, 0.3) is 0 Å². The summed E-state index contributed by atoms with van der Waals surface area (Å²) >= 11 is 0. The number of hydrogen-bond donors (Lipinski definition) is 1. The lowest BCUT2D eigenvalue weighted by molar-refractivity contribution is -0.0178. The molecule has 0 radical (unpaired) electrons. The first-order valence-electron chi connectivity index (χ1n) is 8.31. The summed E-state index contributed by atoms with van der Waals surface area (Å²) in [5.74, 6) is 0.811. The summed E-state index contributed by atoms with van der Waals surface area (Å²) in [4.78, 5) is 5.78. The molecule has 20 heavy (non-hydrogen) atoms. The predicted octanol–water partition coefficient (Wildman–Crippen LogP) is 4.85. The highest BCUT2D eigenvalue weighted by Gasteiger charge is 2.23. The number of rotatable bonds is 8. The van der Waals surface area contributed by atoms with Crippen molar-refractivity contribution >= 4 is 0 Å². The summed E-state index contributed by atoms with van der Waals surface area (Å²) < 4.78 is 0. The molecule has 0 amide bonds. The largest absolute Gasteiger partial charge is 0.297 e. The molecule has 1 atom stereocenters. The molecule has 1 aliphatic carbocycles. The van der Waals surface area contributed by atoms with Crippen LogP contribution in [0.4, 0.5) is 0 Å². The fraction of sp³-hybridized carbons (Fsp3) is 0.667. The minimum atomic E-state index is 0.541. The van der Waals surface area contributed by atoms with Gasteiger partial charge in [0.2, 0.25) is 0 Å². The van der Waals surface area contributed by atoms with Gasteiger partial charge in [0.05, 0.1) is 6.61 Å². The van der Waals surface area contributed by atoms with Gasteiger partial charge in [0.1, 0.15) is 0 Å². The SMILES string of the molecule is CCCCC(NOCc1ccccc1)C1CCCCC1. The highest BCUT2D eigenvalue weighted by atomic mass is 16.6. The van der Waals surface area contributed by atoms with Crippen LogP contribution < -0.4 is 5.48 Å². The minimum absolute atomic E-state index is 0.541. The summed E-state index contributed by atoms with van der Waals surface area (Å²) in [6.07, 6.45) is 10.8. The molecule has 0 spiro atoms. The van der Waals surface area contributed by atoms with E-state index in [2.05, 4.69) is 36.7 Å². The van der Waals surface area contributed by atoms with Crippen LogP contribution in [0.3, 0.4) is 0 Å². The second kappa shape index (κ2) is 9.15. The first-order valence-corrected chi connectivity index (χ1v) is 8.31. The Morgan fingerprint density at radius 1 is 1.15 bits per heavy atom. The molecule has 2 rings (SSSR count). The minimum Gasteiger partial charge on any atom is -0.297 e. The molecule has 1 aromatic carbocycles. The predicted molar refractivity (Wildman–Crippen MR) is 84.3 cm³/mol. The number of benzene rings is 1. The van der Waals surface area contributed by atoms with Crippen molar-refractivity contribution in [2.75, 3.05) is 0 Å². The van der Waals surface area contributed by atoms with Crippen LogP contribution in [0.25, 0.3) is 0 Å². The number of hydrogen-bond acceptors (Lipinski definition) is 2. The molecule has 1 aromatic rings. The first kappa shape index (κ1) is 15.5. The van der Waals surface area contributed by atoms with Crippen LogP contribution in [0.5, 0.6) is 0 Å². The lowest BCUT2D eigenvalue weighted by atomic mass is 9.82. The third kappa shape index (κ3) is 5.26. The van der Waals surface area contributed by atoms with Gasteiger partial charge in [0, 0.05) is 6.04 Å². The Morgan fingerprint density at radius 2 is 1.90 bits per heavy atom. The molecule has 0 aromatic heterocycles. The van der Waals surface area contributed by atoms with Gasteiger partial charge in [0.15, 0.2) is 0 Å². The standard InChI is InChI=1S/C18H29NO/c1-2-3-14-18(17-12-8-5-9-13-17)19-20-15-16-10-6-4-7-11-16/h4,6-7,10-11,17-19H,2-3,5,8-9,12-15H2,1H3. The smallest absolute Gasteiger partial charge is 0.0933 e. The molecule has 1 N–H and O–H groups in total. The molecule has 1 fully saturated rings. The van der Waals surface area contributed by atoms with E-state index in [1.54, 1.807) is 0 Å². The van der Waals surface area contributed by atoms with E-state index in [1.165, 1.54) is 56.9 Å². The average Bonchev–Trinajstić information content (AvgIpc) is 2.52. The maximum absolute atomic E-state index is 5.78. The van der Waals surface area contributed by atoms with Crippen LogP contribution in [0, 0.1) is 5.92 Å². The molecule has 0 bridgehead atoms. The molecule has 0 heterocycles. The molecule has 0 aliphatic heterocycles. The van der Waals surface area contributed by atoms with Crippen molar-refractivity contribution in [3.8, 4) is 0 Å². The van der Waals surface area contributed by atoms with Crippen LogP contribution in [0.2, 0.25) is 0 Å². The van der Waals surface area contributed by atoms with E-state index in [9.17, 15) is 0 Å². The van der Waals surface area contributed by atoms with E-state index in [0.29, 0.717) is 12.6 Å². The van der Waals surface area contributed by atoms with Crippen LogP contribution in [0.1, 0.15) is 63.9 Å². The van der Waals surface area contributed by atoms with Crippen molar-refractivity contribution < 1.29 is 4.84 Å². The van der Waals surface area contributed by atoms with E-state index >= 15 is 0 Å². The zero-order valence-electron chi connectivity index (χ0n) is 12.8. The summed E-state index contributed by atoms with van der Waals surface area (Å²) in [5.41, 5.74) is 4.61. The lowest BCUT2D eigenvalue weighted by Gasteiger charge is -2.30. The fourth-order valence-electron chi connectivity index (χ4n) is 3.16. The van der Waals surface area contributed by atoms with E-state index in [4.69, 9.17) is 4.84 Å². The normalized spacial score (nSPS) is 18.1. The van der Waals surface area contributed by atoms with Crippen molar-refractivity contribution in [1.82, 2.24) is 5.48 Å². The topological polar surface area (TPSA) is 21.3 Å². The Balaban J connectivity index is 1.77. The van der Waals surface area contributed by atoms with Crippen molar-refractivity contribution in [1.29, 1.82) is 0 Å². The maximum atomic E-state index is 5.78. The van der Waals surface area contributed by atoms with Gasteiger partial charge in [-0.1, -0.05) is 69.4 Å². The average molecular weight is 275 g/mol. The molecule has 112 valence electrons. The van der Waals surface area contributed by atoms with Gasteiger partial charge in [-0.25, -0.2) is 0 Å². The Bertz CT molecular complexity index is 346. The zero-order chi connectivity index (χ0) is 14.0. The number of hydroxylamine groups is 1. The fourth-order valence-corrected chi connectivity index (χ4v) is 3.16. The van der Waals surface area contributed by atoms with Crippen LogP contribution in [0.15, 0.2) is 30.3 Å². The molecule has 0 saturated heterocycles. The van der Waals surface area contributed by atoms with Crippen molar-refractivity contribution in [2.45, 2.75) is 70.9 Å². The van der Waals surface area contributed by atoms with E-state index in [0.717, 1.165) is 5.92 Å². The van der Waals surface area contributed by atoms with Gasteiger partial charge >= 0.3 is 0 Å². The molecule has 1 aliphatic rings. The summed E-state index contributed by atoms with van der Waals surface area (Å²) in [7, 11) is 0. The zero-order valence-corrected chi connectivity index (χ0v) is 12.8. The quantitative estimate of drug-likeness (QED) is 0.685. The van der Waals surface area contributed by atoms with Gasteiger partial charge in [-0.05, 0) is 30.7 Å². The third-order valence-electron chi connectivity index (χ3n) is 4.40. The lowest BCUT2D eigenvalue weighted by Crippen LogP contribution is -2.37. The number of unbranched alkanes of at least 4 members (excludes halogenated alkanes) is 1. The highest BCUT2D eigenvalue weighted by Crippen LogP contribution is 2.28. The Morgan fingerprint density at radius 3 is 2.60 bits per heavy atom. The van der Waals surface area contributed by atoms with E-state index in [-0.39, 0.29) is 0 Å². The molecular weight excluding hydrogens is 246 g/mol. The Hall–Kier alpha value is -0.860. The van der Waals surface area contributed by atoms with Crippen LogP contribution in [-0.2, 0) is 11.4 Å². The highest BCUT2D eigenvalue weighted by molar-refractivity contribution is 5.13. The summed E-state index contributed by atoms with van der Waals surface area (Å²) in [5, 5.41) is 0. The monoisotopic (exact) mass is 275 g/mol. The summed E-state index contributed by atoms with van der Waals surface area (Å²) in [6.45, 7) is 2.93. The molecule has 1 saturated carbocycles. The Labute approximate surface area is 123 Å². The molecule has 1 unspecified atom stereocenters. The van der Waals surface area contributed by atoms with Crippen molar-refractivity contribution in [3.63, 3.8) is 0 Å². The molecular formula is C18H29NO. The maximum Gasteiger partial charge on any atom is 0.0933 e. The van der Waals surface area contributed by atoms with Crippen LogP contribution in [-0.4, -0.2) is 6.04 Å². The second-order valence-corrected chi connectivity index (χ2v) is 6.04. The van der Waals surface area contributed by atoms with Crippen LogP contribution >= 0.6 is 0 Å². The molecule has 2 heteroatoms. The van der Waals surface area contributed by atoms with Gasteiger partial charge in [-0.3, -0.25) is 4.84 Å². The Kier molecular flexibility index (Phi) is 7.10.